The Morgan fingerprint density at radius 3 is 1.95 bits per heavy atom. The molecule has 1 unspecified atom stereocenters. The van der Waals surface area contributed by atoms with Crippen molar-refractivity contribution in [2.24, 2.45) is 0 Å². The van der Waals surface area contributed by atoms with Crippen LogP contribution in [0.1, 0.15) is 37.8 Å². The average molecular weight is 602 g/mol. The number of ketones is 1. The Hall–Kier alpha value is -5.03. The molecule has 3 aromatic carbocycles. The maximum atomic E-state index is 14.3. The molecule has 11 nitrogen and oxygen atoms in total. The molecule has 44 heavy (non-hydrogen) atoms. The quantitative estimate of drug-likeness (QED) is 0.251. The highest BCUT2D eigenvalue weighted by molar-refractivity contribution is 6.18. The Morgan fingerprint density at radius 1 is 0.909 bits per heavy atom. The molecule has 0 fully saturated rings. The molecule has 0 radical (unpaired) electrons. The third-order valence-electron chi connectivity index (χ3n) is 7.86. The van der Waals surface area contributed by atoms with Gasteiger partial charge in [-0.1, -0.05) is 72.8 Å². The SMILES string of the molecule is C[C@H](NC(=O)C1(C)Oc2ccccc2N(C)C1=O)C(=O)[C@@](CCC(=O)O)(C(=O)O)N(Cc1ccccc1)Cc1ccccc1. The summed E-state index contributed by atoms with van der Waals surface area (Å²) < 4.78 is 5.84. The molecule has 0 saturated heterocycles. The van der Waals surface area contributed by atoms with E-state index in [4.69, 9.17) is 4.74 Å². The summed E-state index contributed by atoms with van der Waals surface area (Å²) >= 11 is 0. The zero-order valence-corrected chi connectivity index (χ0v) is 24.7. The van der Waals surface area contributed by atoms with Gasteiger partial charge in [0.05, 0.1) is 11.7 Å². The second-order valence-corrected chi connectivity index (χ2v) is 10.9. The highest BCUT2D eigenvalue weighted by Crippen LogP contribution is 2.37. The summed E-state index contributed by atoms with van der Waals surface area (Å²) in [6, 6.07) is 23.0. The lowest BCUT2D eigenvalue weighted by Gasteiger charge is -2.42. The molecular weight excluding hydrogens is 566 g/mol. The summed E-state index contributed by atoms with van der Waals surface area (Å²) in [5.74, 6) is -5.12. The molecule has 0 saturated carbocycles. The maximum absolute atomic E-state index is 14.3. The third kappa shape index (κ3) is 6.32. The first-order valence-electron chi connectivity index (χ1n) is 14.1. The first-order valence-corrected chi connectivity index (χ1v) is 14.1. The van der Waals surface area contributed by atoms with Crippen molar-refractivity contribution in [3.8, 4) is 5.75 Å². The Kier molecular flexibility index (Phi) is 9.49. The maximum Gasteiger partial charge on any atom is 0.332 e. The number of nitrogens with zero attached hydrogens (tertiary/aromatic N) is 2. The van der Waals surface area contributed by atoms with Crippen LogP contribution in [-0.4, -0.2) is 68.9 Å². The molecule has 2 amide bonds. The van der Waals surface area contributed by atoms with E-state index in [1.54, 1.807) is 84.9 Å². The van der Waals surface area contributed by atoms with Crippen LogP contribution in [0.4, 0.5) is 5.69 Å². The van der Waals surface area contributed by atoms with E-state index in [1.807, 2.05) is 0 Å². The number of nitrogens with one attached hydrogen (secondary N) is 1. The van der Waals surface area contributed by atoms with Gasteiger partial charge in [0, 0.05) is 26.6 Å². The van der Waals surface area contributed by atoms with Crippen molar-refractivity contribution in [2.45, 2.75) is 57.0 Å². The largest absolute Gasteiger partial charge is 0.481 e. The number of hydrogen-bond acceptors (Lipinski definition) is 7. The molecule has 3 N–H and O–H groups in total. The smallest absolute Gasteiger partial charge is 0.332 e. The van der Waals surface area contributed by atoms with Crippen molar-refractivity contribution < 1.29 is 38.9 Å². The van der Waals surface area contributed by atoms with E-state index < -0.39 is 59.6 Å². The number of hydrogen-bond donors (Lipinski definition) is 3. The number of carboxylic acids is 2. The normalized spacial score (nSPS) is 18.0. The molecule has 1 heterocycles. The van der Waals surface area contributed by atoms with Crippen molar-refractivity contribution in [2.75, 3.05) is 11.9 Å². The highest BCUT2D eigenvalue weighted by Gasteiger charge is 2.55. The van der Waals surface area contributed by atoms with Crippen LogP contribution >= 0.6 is 0 Å². The predicted octanol–water partition coefficient (Wildman–Crippen LogP) is 3.26. The molecule has 3 aromatic rings. The van der Waals surface area contributed by atoms with Gasteiger partial charge in [0.1, 0.15) is 5.75 Å². The van der Waals surface area contributed by atoms with Crippen LogP contribution in [0, 0.1) is 0 Å². The van der Waals surface area contributed by atoms with Gasteiger partial charge in [-0.05, 0) is 43.5 Å². The molecule has 3 atom stereocenters. The lowest BCUT2D eigenvalue weighted by Crippen LogP contribution is -2.67. The first kappa shape index (κ1) is 31.9. The van der Waals surface area contributed by atoms with Crippen molar-refractivity contribution in [3.63, 3.8) is 0 Å². The lowest BCUT2D eigenvalue weighted by molar-refractivity contribution is -0.163. The van der Waals surface area contributed by atoms with Gasteiger partial charge in [0.15, 0.2) is 11.3 Å². The summed E-state index contributed by atoms with van der Waals surface area (Å²) in [7, 11) is 1.50. The number of para-hydroxylation sites is 2. The zero-order valence-electron chi connectivity index (χ0n) is 24.7. The van der Waals surface area contributed by atoms with Crippen LogP contribution in [0.3, 0.4) is 0 Å². The monoisotopic (exact) mass is 601 g/mol. The first-order chi connectivity index (χ1) is 20.9. The van der Waals surface area contributed by atoms with E-state index in [0.717, 1.165) is 0 Å². The molecule has 230 valence electrons. The number of likely N-dealkylation sites (N-methyl/N-ethyl adjacent to an activating group) is 1. The number of benzene rings is 3. The van der Waals surface area contributed by atoms with Crippen LogP contribution in [0.2, 0.25) is 0 Å². The molecule has 11 heteroatoms. The fourth-order valence-corrected chi connectivity index (χ4v) is 5.42. The topological polar surface area (TPSA) is 154 Å². The Bertz CT molecular complexity index is 1510. The minimum absolute atomic E-state index is 0.00501. The van der Waals surface area contributed by atoms with E-state index in [9.17, 15) is 34.2 Å². The molecule has 0 spiro atoms. The van der Waals surface area contributed by atoms with Gasteiger partial charge in [-0.3, -0.25) is 24.1 Å². The minimum Gasteiger partial charge on any atom is -0.481 e. The number of carbonyl (C=O) groups excluding carboxylic acids is 3. The van der Waals surface area contributed by atoms with Crippen LogP contribution in [0.5, 0.6) is 5.75 Å². The fraction of sp³-hybridized carbons (Fsp3) is 0.303. The number of ether oxygens (including phenoxy) is 1. The average Bonchev–Trinajstić information content (AvgIpc) is 3.00. The molecule has 0 bridgehead atoms. The molecule has 1 aliphatic rings. The number of fused-ring (bicyclic) bond motifs is 1. The van der Waals surface area contributed by atoms with E-state index >= 15 is 0 Å². The zero-order chi connectivity index (χ0) is 32.1. The highest BCUT2D eigenvalue weighted by atomic mass is 16.5. The van der Waals surface area contributed by atoms with E-state index in [-0.39, 0.29) is 18.8 Å². The van der Waals surface area contributed by atoms with Crippen molar-refractivity contribution in [3.05, 3.63) is 96.1 Å². The minimum atomic E-state index is -2.36. The number of carboxylic acid groups (broad SMARTS) is 2. The number of rotatable bonds is 13. The number of anilines is 1. The summed E-state index contributed by atoms with van der Waals surface area (Å²) in [5.41, 5.74) is -2.56. The Morgan fingerprint density at radius 2 is 1.43 bits per heavy atom. The van der Waals surface area contributed by atoms with Crippen molar-refractivity contribution >= 4 is 35.2 Å². The standard InChI is InChI=1S/C33H35N3O8/c1-22(34-29(40)32(2)30(41)35(3)25-16-10-11-17-26(25)44-32)28(39)33(31(42)43,19-18-27(37)38)36(20-23-12-6-4-7-13-23)21-24-14-8-5-9-15-24/h4-17,22H,18-21H2,1-3H3,(H,34,40)(H,37,38)(H,42,43)/t22-,32?,33-/m0/s1. The number of aliphatic carboxylic acids is 2. The van der Waals surface area contributed by atoms with E-state index in [2.05, 4.69) is 5.32 Å². The third-order valence-corrected chi connectivity index (χ3v) is 7.86. The Balaban J connectivity index is 1.72. The molecular formula is C33H35N3O8. The van der Waals surface area contributed by atoms with Crippen molar-refractivity contribution in [1.29, 1.82) is 0 Å². The molecule has 4 rings (SSSR count). The Labute approximate surface area is 255 Å². The van der Waals surface area contributed by atoms with Gasteiger partial charge in [-0.15, -0.1) is 0 Å². The second kappa shape index (κ2) is 13.1. The van der Waals surface area contributed by atoms with Crippen LogP contribution in [0.25, 0.3) is 0 Å². The summed E-state index contributed by atoms with van der Waals surface area (Å²) in [6.07, 6.45) is -1.20. The lowest BCUT2D eigenvalue weighted by atomic mass is 9.82. The fourth-order valence-electron chi connectivity index (χ4n) is 5.42. The summed E-state index contributed by atoms with van der Waals surface area (Å²) in [4.78, 5) is 68.9. The van der Waals surface area contributed by atoms with Crippen LogP contribution in [-0.2, 0) is 37.1 Å². The van der Waals surface area contributed by atoms with Crippen molar-refractivity contribution in [1.82, 2.24) is 10.2 Å². The van der Waals surface area contributed by atoms with Gasteiger partial charge in [-0.2, -0.15) is 0 Å². The van der Waals surface area contributed by atoms with Gasteiger partial charge in [0.2, 0.25) is 0 Å². The van der Waals surface area contributed by atoms with E-state index in [0.29, 0.717) is 16.8 Å². The van der Waals surface area contributed by atoms with Crippen LogP contribution < -0.4 is 15.0 Å². The number of amides is 2. The number of Topliss-reactive ketones (excluding diaryl/α,β-unsaturated/α-hetero) is 1. The summed E-state index contributed by atoms with van der Waals surface area (Å²) in [5, 5.41) is 22.8. The molecule has 1 aliphatic heterocycles. The van der Waals surface area contributed by atoms with E-state index in [1.165, 1.54) is 30.7 Å². The molecule has 0 aliphatic carbocycles. The summed E-state index contributed by atoms with van der Waals surface area (Å²) in [6.45, 7) is 2.58. The van der Waals surface area contributed by atoms with Gasteiger partial charge in [-0.25, -0.2) is 4.79 Å². The van der Waals surface area contributed by atoms with Gasteiger partial charge >= 0.3 is 11.9 Å². The second-order valence-electron chi connectivity index (χ2n) is 10.9. The number of carbonyl (C=O) groups is 5. The predicted molar refractivity (Wildman–Crippen MR) is 161 cm³/mol. The van der Waals surface area contributed by atoms with Gasteiger partial charge < -0.3 is 25.2 Å². The van der Waals surface area contributed by atoms with Gasteiger partial charge in [0.25, 0.3) is 17.4 Å². The molecule has 0 aromatic heterocycles. The van der Waals surface area contributed by atoms with Crippen LogP contribution in [0.15, 0.2) is 84.9 Å².